The van der Waals surface area contributed by atoms with E-state index in [1.54, 1.807) is 0 Å². The second kappa shape index (κ2) is 8.98. The minimum absolute atomic E-state index is 0.296. The molecule has 1 aliphatic rings. The van der Waals surface area contributed by atoms with Crippen molar-refractivity contribution < 1.29 is 19.8 Å². The van der Waals surface area contributed by atoms with E-state index in [4.69, 9.17) is 10.2 Å². The number of rotatable bonds is 5. The van der Waals surface area contributed by atoms with Crippen molar-refractivity contribution in [2.75, 3.05) is 13.1 Å². The van der Waals surface area contributed by atoms with Crippen LogP contribution >= 0.6 is 0 Å². The molecular weight excluding hydrogens is 308 g/mol. The van der Waals surface area contributed by atoms with Crippen molar-refractivity contribution in [2.24, 2.45) is 5.92 Å². The lowest BCUT2D eigenvalue weighted by Crippen LogP contribution is -2.10. The standard InChI is InChI=1S/C14H16N2.C4H6O4/c1-2-12(8-11-4-6-15-9-11)14-5-7-16-10-13(14)3-1;5-3(6)1-2-4(7)8/h1-3,5,7,10-11,15H,4,6,8-9H2;1-2H2,(H,5,6)(H,7,8)/t11-;/m0./s1. The molecule has 128 valence electrons. The molecular formula is C18H22N2O4. The van der Waals surface area contributed by atoms with Gasteiger partial charge in [-0.25, -0.2) is 0 Å². The normalized spacial score (nSPS) is 16.4. The first-order chi connectivity index (χ1) is 11.6. The zero-order valence-electron chi connectivity index (χ0n) is 13.4. The molecule has 2 aromatic rings. The van der Waals surface area contributed by atoms with Gasteiger partial charge in [-0.15, -0.1) is 0 Å². The van der Waals surface area contributed by atoms with Crippen LogP contribution in [0.3, 0.4) is 0 Å². The predicted octanol–water partition coefficient (Wildman–Crippen LogP) is 2.32. The van der Waals surface area contributed by atoms with Crippen LogP contribution in [0.4, 0.5) is 0 Å². The van der Waals surface area contributed by atoms with Gasteiger partial charge in [-0.2, -0.15) is 0 Å². The van der Waals surface area contributed by atoms with Crippen molar-refractivity contribution >= 4 is 22.7 Å². The van der Waals surface area contributed by atoms with Crippen molar-refractivity contribution in [1.82, 2.24) is 10.3 Å². The summed E-state index contributed by atoms with van der Waals surface area (Å²) in [5.74, 6) is -1.35. The molecule has 0 aliphatic carbocycles. The number of carbonyl (C=O) groups is 2. The molecule has 1 aromatic carbocycles. The van der Waals surface area contributed by atoms with Crippen LogP contribution in [0.1, 0.15) is 24.8 Å². The molecule has 2 heterocycles. The number of nitrogens with one attached hydrogen (secondary N) is 1. The highest BCUT2D eigenvalue weighted by molar-refractivity contribution is 5.84. The molecule has 3 rings (SSSR count). The van der Waals surface area contributed by atoms with Gasteiger partial charge in [0, 0.05) is 17.8 Å². The van der Waals surface area contributed by atoms with E-state index in [0.717, 1.165) is 5.92 Å². The SMILES string of the molecule is O=C(O)CCC(=O)O.c1cc(C[C@@H]2CCNC2)c2ccncc2c1. The Morgan fingerprint density at radius 1 is 1.17 bits per heavy atom. The minimum Gasteiger partial charge on any atom is -0.481 e. The van der Waals surface area contributed by atoms with Crippen LogP contribution < -0.4 is 5.32 Å². The van der Waals surface area contributed by atoms with E-state index < -0.39 is 11.9 Å². The summed E-state index contributed by atoms with van der Waals surface area (Å²) >= 11 is 0. The summed E-state index contributed by atoms with van der Waals surface area (Å²) in [5.41, 5.74) is 1.47. The predicted molar refractivity (Wildman–Crippen MR) is 90.9 cm³/mol. The Bertz CT molecular complexity index is 677. The molecule has 1 saturated heterocycles. The van der Waals surface area contributed by atoms with Crippen molar-refractivity contribution in [3.05, 3.63) is 42.2 Å². The van der Waals surface area contributed by atoms with Crippen LogP contribution in [-0.2, 0) is 16.0 Å². The summed E-state index contributed by atoms with van der Waals surface area (Å²) in [6.07, 6.45) is 5.74. The number of hydrogen-bond acceptors (Lipinski definition) is 4. The topological polar surface area (TPSA) is 99.5 Å². The smallest absolute Gasteiger partial charge is 0.303 e. The minimum atomic E-state index is -1.08. The summed E-state index contributed by atoms with van der Waals surface area (Å²) in [6, 6.07) is 8.66. The summed E-state index contributed by atoms with van der Waals surface area (Å²) in [5, 5.41) is 21.8. The van der Waals surface area contributed by atoms with Gasteiger partial charge in [0.1, 0.15) is 0 Å². The molecule has 1 fully saturated rings. The largest absolute Gasteiger partial charge is 0.481 e. The molecule has 1 aromatic heterocycles. The third-order valence-electron chi connectivity index (χ3n) is 3.99. The fourth-order valence-corrected chi connectivity index (χ4v) is 2.78. The fraction of sp³-hybridized carbons (Fsp3) is 0.389. The van der Waals surface area contributed by atoms with E-state index >= 15 is 0 Å². The van der Waals surface area contributed by atoms with Crippen molar-refractivity contribution in [1.29, 1.82) is 0 Å². The maximum Gasteiger partial charge on any atom is 0.303 e. The number of benzene rings is 1. The van der Waals surface area contributed by atoms with Crippen LogP contribution in [-0.4, -0.2) is 40.2 Å². The average molecular weight is 330 g/mol. The zero-order chi connectivity index (χ0) is 17.4. The Morgan fingerprint density at radius 3 is 2.54 bits per heavy atom. The van der Waals surface area contributed by atoms with Crippen LogP contribution in [0.25, 0.3) is 10.8 Å². The summed E-state index contributed by atoms with van der Waals surface area (Å²) in [7, 11) is 0. The Hall–Kier alpha value is -2.47. The molecule has 0 unspecified atom stereocenters. The van der Waals surface area contributed by atoms with Crippen molar-refractivity contribution in [3.8, 4) is 0 Å². The van der Waals surface area contributed by atoms with Crippen molar-refractivity contribution in [3.63, 3.8) is 0 Å². The number of pyridine rings is 1. The number of hydrogen-bond donors (Lipinski definition) is 3. The molecule has 6 nitrogen and oxygen atoms in total. The van der Waals surface area contributed by atoms with Crippen LogP contribution in [0, 0.1) is 5.92 Å². The number of nitrogens with zero attached hydrogens (tertiary/aromatic N) is 1. The molecule has 1 aliphatic heterocycles. The van der Waals surface area contributed by atoms with Gasteiger partial charge in [0.25, 0.3) is 0 Å². The Kier molecular flexibility index (Phi) is 6.69. The molecule has 0 radical (unpaired) electrons. The highest BCUT2D eigenvalue weighted by Gasteiger charge is 2.15. The Balaban J connectivity index is 0.000000224. The van der Waals surface area contributed by atoms with Crippen molar-refractivity contribution in [2.45, 2.75) is 25.7 Å². The van der Waals surface area contributed by atoms with Gasteiger partial charge in [0.05, 0.1) is 12.8 Å². The number of carboxylic acid groups (broad SMARTS) is 2. The summed E-state index contributed by atoms with van der Waals surface area (Å²) < 4.78 is 0. The van der Waals surface area contributed by atoms with E-state index in [1.807, 2.05) is 12.4 Å². The van der Waals surface area contributed by atoms with Gasteiger partial charge in [0.15, 0.2) is 0 Å². The average Bonchev–Trinajstić information content (AvgIpc) is 3.07. The Labute approximate surface area is 140 Å². The monoisotopic (exact) mass is 330 g/mol. The van der Waals surface area contributed by atoms with Gasteiger partial charge in [-0.3, -0.25) is 14.6 Å². The molecule has 3 N–H and O–H groups in total. The number of carboxylic acids is 2. The second-order valence-corrected chi connectivity index (χ2v) is 5.86. The molecule has 0 amide bonds. The molecule has 0 bridgehead atoms. The first-order valence-corrected chi connectivity index (χ1v) is 8.02. The van der Waals surface area contributed by atoms with Crippen LogP contribution in [0.2, 0.25) is 0 Å². The lowest BCUT2D eigenvalue weighted by atomic mass is 9.95. The lowest BCUT2D eigenvalue weighted by molar-refractivity contribution is -0.143. The Morgan fingerprint density at radius 2 is 1.92 bits per heavy atom. The third kappa shape index (κ3) is 5.62. The molecule has 0 spiro atoms. The van der Waals surface area contributed by atoms with E-state index in [-0.39, 0.29) is 12.8 Å². The first-order valence-electron chi connectivity index (χ1n) is 8.02. The van der Waals surface area contributed by atoms with E-state index in [9.17, 15) is 9.59 Å². The lowest BCUT2D eigenvalue weighted by Gasteiger charge is -2.10. The van der Waals surface area contributed by atoms with E-state index in [1.165, 1.54) is 42.3 Å². The van der Waals surface area contributed by atoms with E-state index in [0.29, 0.717) is 0 Å². The molecule has 1 atom stereocenters. The quantitative estimate of drug-likeness (QED) is 0.778. The third-order valence-corrected chi connectivity index (χ3v) is 3.99. The van der Waals surface area contributed by atoms with Gasteiger partial charge < -0.3 is 15.5 Å². The van der Waals surface area contributed by atoms with Gasteiger partial charge in [-0.1, -0.05) is 18.2 Å². The number of aromatic nitrogens is 1. The van der Waals surface area contributed by atoms with Gasteiger partial charge in [0.2, 0.25) is 0 Å². The van der Waals surface area contributed by atoms with Gasteiger partial charge in [-0.05, 0) is 48.9 Å². The maximum atomic E-state index is 9.64. The van der Waals surface area contributed by atoms with Gasteiger partial charge >= 0.3 is 11.9 Å². The molecule has 0 saturated carbocycles. The highest BCUT2D eigenvalue weighted by Crippen LogP contribution is 2.22. The van der Waals surface area contributed by atoms with Crippen LogP contribution in [0.15, 0.2) is 36.7 Å². The maximum absolute atomic E-state index is 9.64. The fourth-order valence-electron chi connectivity index (χ4n) is 2.78. The summed E-state index contributed by atoms with van der Waals surface area (Å²) in [4.78, 5) is 23.5. The second-order valence-electron chi connectivity index (χ2n) is 5.86. The van der Waals surface area contributed by atoms with Crippen LogP contribution in [0.5, 0.6) is 0 Å². The van der Waals surface area contributed by atoms with E-state index in [2.05, 4.69) is 34.6 Å². The molecule has 24 heavy (non-hydrogen) atoms. The first kappa shape index (κ1) is 17.9. The summed E-state index contributed by atoms with van der Waals surface area (Å²) in [6.45, 7) is 2.35. The zero-order valence-corrected chi connectivity index (χ0v) is 13.4. The molecule has 6 heteroatoms. The highest BCUT2D eigenvalue weighted by atomic mass is 16.4. The number of aliphatic carboxylic acids is 2. The number of fused-ring (bicyclic) bond motifs is 1.